The largest absolute Gasteiger partial charge is 0.476 e. The van der Waals surface area contributed by atoms with Crippen LogP contribution in [-0.2, 0) is 18.7 Å². The van der Waals surface area contributed by atoms with E-state index in [0.29, 0.717) is 0 Å². The molecular formula is C4H8N2O12P2. The smallest absolute Gasteiger partial charge is 0.385 e. The Kier molecular flexibility index (Phi) is 7.88. The van der Waals surface area contributed by atoms with Crippen LogP contribution in [0.5, 0.6) is 0 Å². The molecule has 0 saturated carbocycles. The lowest BCUT2D eigenvalue weighted by Gasteiger charge is -1.98. The molecule has 0 fully saturated rings. The molecule has 0 aromatic carbocycles. The number of aliphatic carboxylic acids is 2. The standard InChI is InChI=1S/2C2H4NO6P/c2*4-2(5)1(3-6)10(7,8)9/h2*6H,(H,4,5)(H2,7,8,9)/b3-1+;3-1-. The van der Waals surface area contributed by atoms with Crippen molar-refractivity contribution in [1.29, 1.82) is 0 Å². The predicted molar refractivity (Wildman–Crippen MR) is 57.8 cm³/mol. The molecule has 0 unspecified atom stereocenters. The van der Waals surface area contributed by atoms with Gasteiger partial charge in [0.05, 0.1) is 0 Å². The van der Waals surface area contributed by atoms with Crippen molar-refractivity contribution in [2.75, 3.05) is 0 Å². The molecule has 0 saturated heterocycles. The SMILES string of the molecule is O=C(O)/C(=N/O)P(=O)(O)O.O=C(O)/C(=N\O)P(=O)(O)O. The van der Waals surface area contributed by atoms with Gasteiger partial charge in [0.1, 0.15) is 0 Å². The Morgan fingerprint density at radius 1 is 0.700 bits per heavy atom. The van der Waals surface area contributed by atoms with Gasteiger partial charge in [0.25, 0.3) is 10.9 Å². The van der Waals surface area contributed by atoms with Crippen molar-refractivity contribution in [3.63, 3.8) is 0 Å². The van der Waals surface area contributed by atoms with E-state index in [4.69, 9.17) is 40.2 Å². The first kappa shape index (κ1) is 20.5. The average Bonchev–Trinajstić information content (AvgIpc) is 2.13. The van der Waals surface area contributed by atoms with E-state index in [1.165, 1.54) is 0 Å². The zero-order valence-electron chi connectivity index (χ0n) is 9.00. The van der Waals surface area contributed by atoms with Crippen LogP contribution in [0.25, 0.3) is 0 Å². The van der Waals surface area contributed by atoms with Crippen LogP contribution in [-0.4, -0.2) is 63.0 Å². The quantitative estimate of drug-likeness (QED) is 0.121. The topological polar surface area (TPSA) is 255 Å². The number of carbonyl (C=O) groups is 2. The fraction of sp³-hybridized carbons (Fsp3) is 0. The molecular weight excluding hydrogens is 330 g/mol. The lowest BCUT2D eigenvalue weighted by atomic mass is 10.8. The molecule has 8 N–H and O–H groups in total. The Bertz CT molecular complexity index is 476. The minimum absolute atomic E-state index is 1.56. The second-order valence-corrected chi connectivity index (χ2v) is 5.57. The van der Waals surface area contributed by atoms with Gasteiger partial charge in [0, 0.05) is 0 Å². The van der Waals surface area contributed by atoms with Crippen molar-refractivity contribution >= 4 is 38.0 Å². The van der Waals surface area contributed by atoms with Crippen molar-refractivity contribution < 1.29 is 58.9 Å². The van der Waals surface area contributed by atoms with E-state index in [2.05, 4.69) is 0 Å². The maximum Gasteiger partial charge on any atom is 0.385 e. The Balaban J connectivity index is 0. The molecule has 0 heterocycles. The Hall–Kier alpha value is -1.82. The van der Waals surface area contributed by atoms with Gasteiger partial charge >= 0.3 is 27.1 Å². The fourth-order valence-electron chi connectivity index (χ4n) is 0.451. The highest BCUT2D eigenvalue weighted by Crippen LogP contribution is 2.36. The van der Waals surface area contributed by atoms with E-state index in [-0.39, 0.29) is 0 Å². The van der Waals surface area contributed by atoms with Gasteiger partial charge < -0.3 is 40.2 Å². The van der Waals surface area contributed by atoms with E-state index in [1.54, 1.807) is 0 Å². The number of nitrogens with zero attached hydrogens (tertiary/aromatic N) is 2. The molecule has 0 bridgehead atoms. The third kappa shape index (κ3) is 7.58. The van der Waals surface area contributed by atoms with Crippen LogP contribution < -0.4 is 0 Å². The average molecular weight is 338 g/mol. The first-order chi connectivity index (χ1) is 8.78. The maximum atomic E-state index is 10.0. The zero-order chi connectivity index (χ0) is 16.7. The second-order valence-electron chi connectivity index (χ2n) is 2.55. The maximum absolute atomic E-state index is 10.0. The van der Waals surface area contributed by atoms with Crippen molar-refractivity contribution in [3.05, 3.63) is 0 Å². The molecule has 20 heavy (non-hydrogen) atoms. The minimum atomic E-state index is -4.93. The van der Waals surface area contributed by atoms with Crippen LogP contribution in [0.2, 0.25) is 0 Å². The normalized spacial score (nSPS) is 13.2. The summed E-state index contributed by atoms with van der Waals surface area (Å²) in [6.07, 6.45) is 0. The first-order valence-electron chi connectivity index (χ1n) is 3.82. The van der Waals surface area contributed by atoms with Gasteiger partial charge in [-0.25, -0.2) is 9.59 Å². The van der Waals surface area contributed by atoms with E-state index < -0.39 is 38.0 Å². The summed E-state index contributed by atoms with van der Waals surface area (Å²) in [5.74, 6) is -3.90. The third-order valence-electron chi connectivity index (χ3n) is 1.12. The summed E-state index contributed by atoms with van der Waals surface area (Å²) in [6.45, 7) is 0. The van der Waals surface area contributed by atoms with Gasteiger partial charge in [-0.15, -0.1) is 0 Å². The summed E-state index contributed by atoms with van der Waals surface area (Å²) in [7, 11) is -9.86. The third-order valence-corrected chi connectivity index (χ3v) is 2.79. The van der Waals surface area contributed by atoms with Crippen molar-refractivity contribution in [2.24, 2.45) is 10.3 Å². The van der Waals surface area contributed by atoms with Crippen molar-refractivity contribution in [1.82, 2.24) is 0 Å². The van der Waals surface area contributed by atoms with Gasteiger partial charge in [-0.1, -0.05) is 10.3 Å². The van der Waals surface area contributed by atoms with Crippen molar-refractivity contribution in [3.8, 4) is 0 Å². The molecule has 0 radical (unpaired) electrons. The minimum Gasteiger partial charge on any atom is -0.476 e. The first-order valence-corrected chi connectivity index (χ1v) is 7.04. The summed E-state index contributed by atoms with van der Waals surface area (Å²) in [5.41, 5.74) is -3.12. The molecule has 0 amide bonds. The van der Waals surface area contributed by atoms with E-state index in [1.807, 2.05) is 10.3 Å². The lowest BCUT2D eigenvalue weighted by Crippen LogP contribution is -2.12. The van der Waals surface area contributed by atoms with Crippen LogP contribution in [0.15, 0.2) is 10.3 Å². The predicted octanol–water partition coefficient (Wildman–Crippen LogP) is -1.93. The molecule has 0 rings (SSSR count). The monoisotopic (exact) mass is 338 g/mol. The second kappa shape index (κ2) is 7.69. The van der Waals surface area contributed by atoms with Gasteiger partial charge in [-0.2, -0.15) is 0 Å². The zero-order valence-corrected chi connectivity index (χ0v) is 10.8. The highest BCUT2D eigenvalue weighted by atomic mass is 31.2. The van der Waals surface area contributed by atoms with E-state index in [0.717, 1.165) is 0 Å². The van der Waals surface area contributed by atoms with E-state index in [9.17, 15) is 18.7 Å². The number of hydrogen-bond acceptors (Lipinski definition) is 8. The molecule has 0 spiro atoms. The van der Waals surface area contributed by atoms with Crippen molar-refractivity contribution in [2.45, 2.75) is 0 Å². The summed E-state index contributed by atoms with van der Waals surface area (Å²) >= 11 is 0. The Morgan fingerprint density at radius 3 is 0.900 bits per heavy atom. The van der Waals surface area contributed by atoms with Crippen LogP contribution >= 0.6 is 15.2 Å². The summed E-state index contributed by atoms with van der Waals surface area (Å²) < 4.78 is 20.1. The van der Waals surface area contributed by atoms with Crippen LogP contribution in [0, 0.1) is 0 Å². The number of rotatable bonds is 4. The number of carboxylic acids is 2. The number of hydrogen-bond donors (Lipinski definition) is 8. The molecule has 0 aromatic rings. The summed E-state index contributed by atoms with van der Waals surface area (Å²) in [4.78, 5) is 51.9. The molecule has 116 valence electrons. The highest BCUT2D eigenvalue weighted by molar-refractivity contribution is 7.73. The summed E-state index contributed by atoms with van der Waals surface area (Å²) in [6, 6.07) is 0. The Morgan fingerprint density at radius 2 is 0.900 bits per heavy atom. The fourth-order valence-corrected chi connectivity index (χ4v) is 1.18. The highest BCUT2D eigenvalue weighted by Gasteiger charge is 2.31. The van der Waals surface area contributed by atoms with Crippen LogP contribution in [0.3, 0.4) is 0 Å². The number of oxime groups is 2. The molecule has 14 nitrogen and oxygen atoms in total. The van der Waals surface area contributed by atoms with Crippen LogP contribution in [0.4, 0.5) is 0 Å². The molecule has 0 aliphatic rings. The van der Waals surface area contributed by atoms with E-state index >= 15 is 0 Å². The number of carboxylic acid groups (broad SMARTS) is 2. The van der Waals surface area contributed by atoms with Gasteiger partial charge in [0.15, 0.2) is 0 Å². The molecule has 0 atom stereocenters. The molecule has 0 aliphatic carbocycles. The molecule has 0 aliphatic heterocycles. The summed E-state index contributed by atoms with van der Waals surface area (Å²) in [5, 5.41) is 35.2. The van der Waals surface area contributed by atoms with Gasteiger partial charge in [-0.05, 0) is 0 Å². The Labute approximate surface area is 108 Å². The van der Waals surface area contributed by atoms with Gasteiger partial charge in [0.2, 0.25) is 0 Å². The van der Waals surface area contributed by atoms with Crippen LogP contribution in [0.1, 0.15) is 0 Å². The lowest BCUT2D eigenvalue weighted by molar-refractivity contribution is -0.130. The molecule has 16 heteroatoms. The molecule has 0 aromatic heterocycles. The van der Waals surface area contributed by atoms with Gasteiger partial charge in [-0.3, -0.25) is 9.13 Å².